The SMILES string of the molecule is Cn1cc2c(nc(NC(=O)Nc3ccc(S)cc3)n3nc(-c4ccco4)nc23)n1. The van der Waals surface area contributed by atoms with Crippen molar-refractivity contribution in [3.05, 3.63) is 48.9 Å². The highest BCUT2D eigenvalue weighted by Crippen LogP contribution is 2.24. The van der Waals surface area contributed by atoms with Crippen molar-refractivity contribution in [3.63, 3.8) is 0 Å². The van der Waals surface area contributed by atoms with E-state index >= 15 is 0 Å². The number of nitrogens with one attached hydrogen (secondary N) is 2. The van der Waals surface area contributed by atoms with Gasteiger partial charge in [0.1, 0.15) is 0 Å². The molecule has 0 fully saturated rings. The number of aryl methyl sites for hydroxylation is 1. The molecule has 0 saturated carbocycles. The van der Waals surface area contributed by atoms with Crippen LogP contribution in [-0.2, 0) is 7.05 Å². The van der Waals surface area contributed by atoms with Gasteiger partial charge < -0.3 is 9.73 Å². The molecule has 0 bridgehead atoms. The summed E-state index contributed by atoms with van der Waals surface area (Å²) in [7, 11) is 1.78. The highest BCUT2D eigenvalue weighted by atomic mass is 32.1. The summed E-state index contributed by atoms with van der Waals surface area (Å²) in [5.74, 6) is 1.06. The van der Waals surface area contributed by atoms with Crippen LogP contribution < -0.4 is 10.6 Å². The lowest BCUT2D eigenvalue weighted by atomic mass is 10.3. The number of furan rings is 1. The van der Waals surface area contributed by atoms with Crippen molar-refractivity contribution in [1.29, 1.82) is 0 Å². The first-order chi connectivity index (χ1) is 14.1. The molecule has 0 aliphatic carbocycles. The molecule has 0 saturated heterocycles. The fourth-order valence-electron chi connectivity index (χ4n) is 2.90. The van der Waals surface area contributed by atoms with Crippen molar-refractivity contribution in [1.82, 2.24) is 29.4 Å². The van der Waals surface area contributed by atoms with Crippen LogP contribution in [0.4, 0.5) is 16.4 Å². The Hall–Kier alpha value is -3.86. The zero-order valence-corrected chi connectivity index (χ0v) is 16.0. The molecule has 0 spiro atoms. The number of benzene rings is 1. The normalized spacial score (nSPS) is 11.2. The predicted molar refractivity (Wildman–Crippen MR) is 109 cm³/mol. The van der Waals surface area contributed by atoms with E-state index in [0.717, 1.165) is 4.90 Å². The number of amides is 2. The Morgan fingerprint density at radius 3 is 2.69 bits per heavy atom. The van der Waals surface area contributed by atoms with Crippen molar-refractivity contribution >= 4 is 47.0 Å². The largest absolute Gasteiger partial charge is 0.461 e. The van der Waals surface area contributed by atoms with Crippen molar-refractivity contribution < 1.29 is 9.21 Å². The molecule has 29 heavy (non-hydrogen) atoms. The van der Waals surface area contributed by atoms with E-state index in [9.17, 15) is 4.79 Å². The third-order valence-electron chi connectivity index (χ3n) is 4.16. The Bertz CT molecular complexity index is 1340. The number of aromatic nitrogens is 6. The van der Waals surface area contributed by atoms with Crippen molar-refractivity contribution in [2.45, 2.75) is 4.90 Å². The summed E-state index contributed by atoms with van der Waals surface area (Å²) in [4.78, 5) is 22.3. The molecule has 11 heteroatoms. The quantitative estimate of drug-likeness (QED) is 0.396. The van der Waals surface area contributed by atoms with Gasteiger partial charge in [-0.25, -0.2) is 9.78 Å². The van der Waals surface area contributed by atoms with Gasteiger partial charge in [-0.15, -0.1) is 17.7 Å². The second-order valence-electron chi connectivity index (χ2n) is 6.25. The average molecular weight is 406 g/mol. The second-order valence-corrected chi connectivity index (χ2v) is 6.77. The Morgan fingerprint density at radius 1 is 1.10 bits per heavy atom. The topological polar surface area (TPSA) is 115 Å². The summed E-state index contributed by atoms with van der Waals surface area (Å²) >= 11 is 4.23. The Labute approximate surface area is 169 Å². The van der Waals surface area contributed by atoms with Gasteiger partial charge in [-0.1, -0.05) is 0 Å². The third kappa shape index (κ3) is 3.17. The fraction of sp³-hybridized carbons (Fsp3) is 0.0556. The van der Waals surface area contributed by atoms with Gasteiger partial charge >= 0.3 is 6.03 Å². The molecule has 2 amide bonds. The number of nitrogens with zero attached hydrogens (tertiary/aromatic N) is 6. The lowest BCUT2D eigenvalue weighted by Gasteiger charge is -2.08. The first kappa shape index (κ1) is 17.3. The minimum absolute atomic E-state index is 0.180. The number of carbonyl (C=O) groups excluding carboxylic acids is 1. The molecule has 2 N–H and O–H groups in total. The Balaban J connectivity index is 1.56. The Kier molecular flexibility index (Phi) is 3.95. The molecule has 4 heterocycles. The molecule has 1 aromatic carbocycles. The zero-order chi connectivity index (χ0) is 20.0. The third-order valence-corrected chi connectivity index (χ3v) is 4.46. The summed E-state index contributed by atoms with van der Waals surface area (Å²) in [6, 6.07) is 10.1. The monoisotopic (exact) mass is 406 g/mol. The van der Waals surface area contributed by atoms with Crippen LogP contribution in [0.3, 0.4) is 0 Å². The average Bonchev–Trinajstić information content (AvgIpc) is 3.41. The molecule has 5 aromatic rings. The molecule has 0 atom stereocenters. The maximum atomic E-state index is 12.5. The molecule has 0 unspecified atom stereocenters. The smallest absolute Gasteiger partial charge is 0.326 e. The van der Waals surface area contributed by atoms with Gasteiger partial charge in [0.25, 0.3) is 0 Å². The number of urea groups is 1. The Morgan fingerprint density at radius 2 is 1.93 bits per heavy atom. The van der Waals surface area contributed by atoms with Gasteiger partial charge in [-0.05, 0) is 36.4 Å². The van der Waals surface area contributed by atoms with E-state index < -0.39 is 6.03 Å². The molecular formula is C18H14N8O2S. The number of fused-ring (bicyclic) bond motifs is 3. The molecule has 4 aromatic heterocycles. The number of rotatable bonds is 3. The first-order valence-electron chi connectivity index (χ1n) is 8.58. The number of anilines is 2. The maximum absolute atomic E-state index is 12.5. The summed E-state index contributed by atoms with van der Waals surface area (Å²) in [5, 5.41) is 14.9. The van der Waals surface area contributed by atoms with Gasteiger partial charge in [0.2, 0.25) is 11.8 Å². The van der Waals surface area contributed by atoms with Crippen LogP contribution in [-0.4, -0.2) is 35.4 Å². The van der Waals surface area contributed by atoms with Crippen LogP contribution in [0.1, 0.15) is 0 Å². The van der Waals surface area contributed by atoms with Crippen LogP contribution in [0.25, 0.3) is 28.3 Å². The molecular weight excluding hydrogens is 392 g/mol. The van der Waals surface area contributed by atoms with Gasteiger partial charge in [0.15, 0.2) is 17.1 Å². The van der Waals surface area contributed by atoms with Gasteiger partial charge in [0, 0.05) is 23.8 Å². The number of thiol groups is 1. The molecule has 0 aliphatic rings. The van der Waals surface area contributed by atoms with Crippen LogP contribution in [0.2, 0.25) is 0 Å². The van der Waals surface area contributed by atoms with Crippen molar-refractivity contribution in [2.24, 2.45) is 7.05 Å². The molecule has 10 nitrogen and oxygen atoms in total. The standard InChI is InChI=1S/C18H14N8O2S/c1-25-9-12-14(23-25)21-17(22-18(27)19-10-4-6-11(29)7-5-10)26-16(12)20-15(24-26)13-3-2-8-28-13/h2-9,29H,1H3,(H2,19,21,22,23,27). The molecule has 144 valence electrons. The lowest BCUT2D eigenvalue weighted by Crippen LogP contribution is -2.22. The van der Waals surface area contributed by atoms with Gasteiger partial charge in [0.05, 0.1) is 11.6 Å². The molecule has 5 rings (SSSR count). The lowest BCUT2D eigenvalue weighted by molar-refractivity contribution is 0.262. The fourth-order valence-corrected chi connectivity index (χ4v) is 3.05. The van der Waals surface area contributed by atoms with E-state index in [-0.39, 0.29) is 5.95 Å². The zero-order valence-electron chi connectivity index (χ0n) is 15.1. The van der Waals surface area contributed by atoms with E-state index in [1.165, 1.54) is 4.52 Å². The summed E-state index contributed by atoms with van der Waals surface area (Å²) in [5.41, 5.74) is 1.56. The van der Waals surface area contributed by atoms with Gasteiger partial charge in [-0.2, -0.15) is 14.6 Å². The maximum Gasteiger partial charge on any atom is 0.326 e. The highest BCUT2D eigenvalue weighted by Gasteiger charge is 2.19. The van der Waals surface area contributed by atoms with E-state index in [2.05, 4.69) is 43.4 Å². The minimum Gasteiger partial charge on any atom is -0.461 e. The molecule has 0 aliphatic heterocycles. The summed E-state index contributed by atoms with van der Waals surface area (Å²) in [6.07, 6.45) is 3.34. The number of hydrogen-bond donors (Lipinski definition) is 3. The number of hydrogen-bond acceptors (Lipinski definition) is 7. The summed E-state index contributed by atoms with van der Waals surface area (Å²) in [6.45, 7) is 0. The summed E-state index contributed by atoms with van der Waals surface area (Å²) < 4.78 is 8.47. The van der Waals surface area contributed by atoms with Gasteiger partial charge in [-0.3, -0.25) is 10.00 Å². The van der Waals surface area contributed by atoms with Crippen molar-refractivity contribution in [2.75, 3.05) is 10.6 Å². The van der Waals surface area contributed by atoms with Crippen LogP contribution >= 0.6 is 12.6 Å². The van der Waals surface area contributed by atoms with E-state index in [4.69, 9.17) is 4.42 Å². The van der Waals surface area contributed by atoms with E-state index in [1.807, 2.05) is 0 Å². The van der Waals surface area contributed by atoms with Crippen LogP contribution in [0, 0.1) is 0 Å². The van der Waals surface area contributed by atoms with E-state index in [0.29, 0.717) is 34.0 Å². The first-order valence-corrected chi connectivity index (χ1v) is 9.02. The highest BCUT2D eigenvalue weighted by molar-refractivity contribution is 7.80. The molecule has 0 radical (unpaired) electrons. The van der Waals surface area contributed by atoms with Crippen molar-refractivity contribution in [3.8, 4) is 11.6 Å². The van der Waals surface area contributed by atoms with Crippen LogP contribution in [0.5, 0.6) is 0 Å². The minimum atomic E-state index is -0.476. The number of carbonyl (C=O) groups is 1. The second kappa shape index (κ2) is 6.63. The van der Waals surface area contributed by atoms with Crippen LogP contribution in [0.15, 0.2) is 58.2 Å². The predicted octanol–water partition coefficient (Wildman–Crippen LogP) is 3.20. The van der Waals surface area contributed by atoms with E-state index in [1.54, 1.807) is 60.6 Å².